The van der Waals surface area contributed by atoms with Gasteiger partial charge in [0, 0.05) is 28.8 Å². The summed E-state index contributed by atoms with van der Waals surface area (Å²) in [5.41, 5.74) is 7.10. The van der Waals surface area contributed by atoms with E-state index < -0.39 is 0 Å². The number of nitrogen functional groups attached to an aromatic ring is 1. The van der Waals surface area contributed by atoms with Gasteiger partial charge in [0.05, 0.1) is 6.54 Å². The molecule has 21 heavy (non-hydrogen) atoms. The number of hydrogen-bond donors (Lipinski definition) is 2. The molecule has 0 bridgehead atoms. The minimum atomic E-state index is -0.0224. The molecular weight excluding hydrogens is 282 g/mol. The first-order chi connectivity index (χ1) is 10.0. The Balaban J connectivity index is 1.95. The van der Waals surface area contributed by atoms with E-state index in [0.717, 1.165) is 12.2 Å². The van der Waals surface area contributed by atoms with Crippen LogP contribution in [0.25, 0.3) is 0 Å². The van der Waals surface area contributed by atoms with Gasteiger partial charge >= 0.3 is 0 Å². The van der Waals surface area contributed by atoms with Crippen LogP contribution in [-0.2, 0) is 11.3 Å². The minimum absolute atomic E-state index is 0.0224. The Morgan fingerprint density at radius 3 is 2.76 bits per heavy atom. The lowest BCUT2D eigenvalue weighted by Gasteiger charge is -2.25. The van der Waals surface area contributed by atoms with E-state index in [4.69, 9.17) is 5.73 Å². The second-order valence-corrected chi connectivity index (χ2v) is 6.28. The van der Waals surface area contributed by atoms with Crippen molar-refractivity contribution < 1.29 is 4.79 Å². The van der Waals surface area contributed by atoms with Crippen LogP contribution in [-0.4, -0.2) is 23.4 Å². The van der Waals surface area contributed by atoms with Gasteiger partial charge in [0.15, 0.2) is 0 Å². The number of anilines is 2. The zero-order valence-electron chi connectivity index (χ0n) is 12.4. The summed E-state index contributed by atoms with van der Waals surface area (Å²) in [6.45, 7) is 5.35. The largest absolute Gasteiger partial charge is 0.399 e. The lowest BCUT2D eigenvalue weighted by atomic mass is 10.2. The van der Waals surface area contributed by atoms with E-state index in [1.807, 2.05) is 18.2 Å². The molecule has 0 aliphatic heterocycles. The van der Waals surface area contributed by atoms with Crippen LogP contribution in [0.1, 0.15) is 18.7 Å². The second-order valence-electron chi connectivity index (χ2n) is 5.25. The van der Waals surface area contributed by atoms with Crippen LogP contribution >= 0.6 is 11.3 Å². The molecule has 0 spiro atoms. The molecule has 0 radical (unpaired) electrons. The predicted octanol–water partition coefficient (Wildman–Crippen LogP) is 3.18. The number of amides is 1. The summed E-state index contributed by atoms with van der Waals surface area (Å²) in [7, 11) is 0. The van der Waals surface area contributed by atoms with Crippen molar-refractivity contribution in [1.82, 2.24) is 4.90 Å². The number of nitrogens with two attached hydrogens (primary N) is 1. The first-order valence-corrected chi connectivity index (χ1v) is 7.84. The van der Waals surface area contributed by atoms with Gasteiger partial charge in [0.25, 0.3) is 0 Å². The van der Waals surface area contributed by atoms with E-state index >= 15 is 0 Å². The molecule has 2 aromatic rings. The number of thiophene rings is 1. The molecule has 112 valence electrons. The first kappa shape index (κ1) is 15.5. The van der Waals surface area contributed by atoms with Crippen molar-refractivity contribution in [3.05, 3.63) is 46.7 Å². The SMILES string of the molecule is CC(C)N(CC(=O)Nc1cccc(N)c1)Cc1cccs1. The van der Waals surface area contributed by atoms with Crippen LogP contribution in [0.5, 0.6) is 0 Å². The van der Waals surface area contributed by atoms with Crippen molar-refractivity contribution in [2.24, 2.45) is 0 Å². The fourth-order valence-electron chi connectivity index (χ4n) is 2.03. The Hall–Kier alpha value is -1.85. The van der Waals surface area contributed by atoms with Gasteiger partial charge in [0.2, 0.25) is 5.91 Å². The van der Waals surface area contributed by atoms with E-state index in [1.165, 1.54) is 4.88 Å². The fourth-order valence-corrected chi connectivity index (χ4v) is 2.75. The number of nitrogens with one attached hydrogen (secondary N) is 1. The molecular formula is C16H21N3OS. The predicted molar refractivity (Wildman–Crippen MR) is 89.3 cm³/mol. The van der Waals surface area contributed by atoms with Gasteiger partial charge < -0.3 is 11.1 Å². The fraction of sp³-hybridized carbons (Fsp3) is 0.312. The number of hydrogen-bond acceptors (Lipinski definition) is 4. The van der Waals surface area contributed by atoms with Crippen molar-refractivity contribution in [2.75, 3.05) is 17.6 Å². The van der Waals surface area contributed by atoms with Crippen molar-refractivity contribution >= 4 is 28.6 Å². The number of rotatable bonds is 6. The molecule has 0 aliphatic carbocycles. The van der Waals surface area contributed by atoms with Crippen LogP contribution in [0, 0.1) is 0 Å². The minimum Gasteiger partial charge on any atom is -0.399 e. The summed E-state index contributed by atoms with van der Waals surface area (Å²) in [5, 5.41) is 4.95. The third kappa shape index (κ3) is 4.88. The average Bonchev–Trinajstić information content (AvgIpc) is 2.90. The molecule has 1 amide bonds. The first-order valence-electron chi connectivity index (χ1n) is 6.96. The number of benzene rings is 1. The summed E-state index contributed by atoms with van der Waals surface area (Å²) in [5.74, 6) is -0.0224. The smallest absolute Gasteiger partial charge is 0.238 e. The average molecular weight is 303 g/mol. The molecule has 4 nitrogen and oxygen atoms in total. The van der Waals surface area contributed by atoms with Crippen LogP contribution < -0.4 is 11.1 Å². The topological polar surface area (TPSA) is 58.4 Å². The van der Waals surface area contributed by atoms with Gasteiger partial charge in [-0.3, -0.25) is 9.69 Å². The summed E-state index contributed by atoms with van der Waals surface area (Å²) in [6.07, 6.45) is 0. The monoisotopic (exact) mass is 303 g/mol. The quantitative estimate of drug-likeness (QED) is 0.806. The van der Waals surface area contributed by atoms with Crippen LogP contribution in [0.15, 0.2) is 41.8 Å². The third-order valence-corrected chi connectivity index (χ3v) is 4.05. The van der Waals surface area contributed by atoms with Crippen LogP contribution in [0.4, 0.5) is 11.4 Å². The standard InChI is InChI=1S/C16H21N3OS/c1-12(2)19(10-15-7-4-8-21-15)11-16(20)18-14-6-3-5-13(17)9-14/h3-9,12H,10-11,17H2,1-2H3,(H,18,20). The number of carbonyl (C=O) groups is 1. The van der Waals surface area contributed by atoms with Crippen molar-refractivity contribution in [3.63, 3.8) is 0 Å². The van der Waals surface area contributed by atoms with E-state index in [1.54, 1.807) is 23.5 Å². The molecule has 5 heteroatoms. The lowest BCUT2D eigenvalue weighted by molar-refractivity contribution is -0.117. The molecule has 1 aromatic carbocycles. The third-order valence-electron chi connectivity index (χ3n) is 3.19. The molecule has 1 heterocycles. The summed E-state index contributed by atoms with van der Waals surface area (Å²) >= 11 is 1.71. The Morgan fingerprint density at radius 2 is 2.14 bits per heavy atom. The van der Waals surface area contributed by atoms with Gasteiger partial charge in [-0.1, -0.05) is 12.1 Å². The van der Waals surface area contributed by atoms with Gasteiger partial charge in [-0.2, -0.15) is 0 Å². The molecule has 0 unspecified atom stereocenters. The van der Waals surface area contributed by atoms with E-state index in [2.05, 4.69) is 35.5 Å². The summed E-state index contributed by atoms with van der Waals surface area (Å²) in [4.78, 5) is 15.6. The Bertz CT molecular complexity index is 581. The number of nitrogens with zero attached hydrogens (tertiary/aromatic N) is 1. The van der Waals surface area contributed by atoms with Crippen molar-refractivity contribution in [2.45, 2.75) is 26.4 Å². The van der Waals surface area contributed by atoms with Gasteiger partial charge in [-0.05, 0) is 43.5 Å². The molecule has 0 fully saturated rings. The highest BCUT2D eigenvalue weighted by Crippen LogP contribution is 2.15. The zero-order valence-corrected chi connectivity index (χ0v) is 13.2. The Kier molecular flexibility index (Phi) is 5.36. The molecule has 2 rings (SSSR count). The maximum atomic E-state index is 12.2. The lowest BCUT2D eigenvalue weighted by Crippen LogP contribution is -2.37. The molecule has 0 saturated carbocycles. The normalized spacial score (nSPS) is 11.0. The summed E-state index contributed by atoms with van der Waals surface area (Å²) in [6, 6.07) is 11.7. The second kappa shape index (κ2) is 7.24. The van der Waals surface area contributed by atoms with Crippen LogP contribution in [0.3, 0.4) is 0 Å². The van der Waals surface area contributed by atoms with E-state index in [9.17, 15) is 4.79 Å². The molecule has 0 saturated heterocycles. The van der Waals surface area contributed by atoms with E-state index in [0.29, 0.717) is 18.3 Å². The highest BCUT2D eigenvalue weighted by Gasteiger charge is 2.15. The highest BCUT2D eigenvalue weighted by molar-refractivity contribution is 7.09. The van der Waals surface area contributed by atoms with Crippen molar-refractivity contribution in [3.8, 4) is 0 Å². The highest BCUT2D eigenvalue weighted by atomic mass is 32.1. The Morgan fingerprint density at radius 1 is 1.33 bits per heavy atom. The maximum Gasteiger partial charge on any atom is 0.238 e. The van der Waals surface area contributed by atoms with E-state index in [-0.39, 0.29) is 5.91 Å². The Labute approximate surface area is 129 Å². The van der Waals surface area contributed by atoms with Crippen molar-refractivity contribution in [1.29, 1.82) is 0 Å². The van der Waals surface area contributed by atoms with Crippen LogP contribution in [0.2, 0.25) is 0 Å². The molecule has 0 aliphatic rings. The molecule has 1 aromatic heterocycles. The zero-order chi connectivity index (χ0) is 15.2. The molecule has 3 N–H and O–H groups in total. The molecule has 0 atom stereocenters. The maximum absolute atomic E-state index is 12.2. The summed E-state index contributed by atoms with van der Waals surface area (Å²) < 4.78 is 0. The number of carbonyl (C=O) groups excluding carboxylic acids is 1. The van der Waals surface area contributed by atoms with Gasteiger partial charge in [-0.25, -0.2) is 0 Å². The van der Waals surface area contributed by atoms with Gasteiger partial charge in [0.1, 0.15) is 0 Å². The van der Waals surface area contributed by atoms with Gasteiger partial charge in [-0.15, -0.1) is 11.3 Å².